The highest BCUT2D eigenvalue weighted by atomic mass is 35.5. The number of nitrogens with one attached hydrogen (secondary N) is 2. The number of benzene rings is 1. The highest BCUT2D eigenvalue weighted by molar-refractivity contribution is 8.15. The van der Waals surface area contributed by atoms with Crippen LogP contribution in [0.15, 0.2) is 22.3 Å². The summed E-state index contributed by atoms with van der Waals surface area (Å²) in [5.74, 6) is -1.20. The van der Waals surface area contributed by atoms with E-state index in [9.17, 15) is 14.4 Å². The van der Waals surface area contributed by atoms with Gasteiger partial charge in [-0.05, 0) is 26.8 Å². The molecule has 0 bridgehead atoms. The molecule has 1 aromatic carbocycles. The lowest BCUT2D eigenvalue weighted by Gasteiger charge is -2.20. The fourth-order valence-corrected chi connectivity index (χ4v) is 3.41. The SMILES string of the molecule is COc1cc(NC(=O)OC(C)(C)C)c(C=NN=C2NC(=O)C(CC(=O)O)S2)cc1Cl. The van der Waals surface area contributed by atoms with E-state index >= 15 is 0 Å². The molecule has 0 saturated carbocycles. The number of ether oxygens (including phenoxy) is 2. The molecular weight excluding hydrogens is 436 g/mol. The number of anilines is 1. The van der Waals surface area contributed by atoms with Gasteiger partial charge in [0.1, 0.15) is 16.6 Å². The molecule has 1 unspecified atom stereocenters. The van der Waals surface area contributed by atoms with E-state index in [4.69, 9.17) is 26.2 Å². The average Bonchev–Trinajstić information content (AvgIpc) is 2.94. The Bertz CT molecular complexity index is 913. The van der Waals surface area contributed by atoms with Crippen molar-refractivity contribution in [1.29, 1.82) is 0 Å². The molecule has 10 nitrogen and oxygen atoms in total. The van der Waals surface area contributed by atoms with Gasteiger partial charge in [0.2, 0.25) is 5.91 Å². The second-order valence-corrected chi connectivity index (χ2v) is 8.64. The van der Waals surface area contributed by atoms with Crippen molar-refractivity contribution in [3.8, 4) is 5.75 Å². The van der Waals surface area contributed by atoms with Crippen LogP contribution in [0.1, 0.15) is 32.8 Å². The zero-order valence-electron chi connectivity index (χ0n) is 16.7. The largest absolute Gasteiger partial charge is 0.495 e. The Kier molecular flexibility index (Phi) is 7.68. The van der Waals surface area contributed by atoms with Crippen LogP contribution in [-0.2, 0) is 14.3 Å². The average molecular weight is 457 g/mol. The summed E-state index contributed by atoms with van der Waals surface area (Å²) >= 11 is 7.13. The third kappa shape index (κ3) is 6.92. The summed E-state index contributed by atoms with van der Waals surface area (Å²) in [6, 6.07) is 3.03. The van der Waals surface area contributed by atoms with Crippen molar-refractivity contribution in [2.45, 2.75) is 38.0 Å². The van der Waals surface area contributed by atoms with Gasteiger partial charge in [-0.1, -0.05) is 23.4 Å². The molecule has 1 aromatic rings. The predicted molar refractivity (Wildman–Crippen MR) is 115 cm³/mol. The maximum atomic E-state index is 12.1. The number of amides is 2. The van der Waals surface area contributed by atoms with Crippen molar-refractivity contribution >= 4 is 58.4 Å². The van der Waals surface area contributed by atoms with Crippen molar-refractivity contribution in [2.24, 2.45) is 10.2 Å². The molecule has 2 rings (SSSR count). The lowest BCUT2D eigenvalue weighted by Crippen LogP contribution is -2.27. The Balaban J connectivity index is 2.21. The number of nitrogens with zero attached hydrogens (tertiary/aromatic N) is 2. The molecule has 0 aromatic heterocycles. The third-order valence-corrected chi connectivity index (χ3v) is 4.81. The standard InChI is InChI=1S/C18H21ClN4O6S/c1-18(2,3)29-17(27)21-11-6-12(28-4)10(19)5-9(11)8-20-23-16-22-15(26)13(30-16)7-14(24)25/h5-6,8,13H,7H2,1-4H3,(H,21,27)(H,24,25)(H,22,23,26). The van der Waals surface area contributed by atoms with Crippen molar-refractivity contribution in [3.63, 3.8) is 0 Å². The summed E-state index contributed by atoms with van der Waals surface area (Å²) in [7, 11) is 1.44. The molecule has 30 heavy (non-hydrogen) atoms. The molecule has 162 valence electrons. The molecule has 12 heteroatoms. The summed E-state index contributed by atoms with van der Waals surface area (Å²) in [5, 5.41) is 21.3. The van der Waals surface area contributed by atoms with Gasteiger partial charge in [0.15, 0.2) is 5.17 Å². The number of thioether (sulfide) groups is 1. The number of aliphatic carboxylic acids is 1. The first-order valence-electron chi connectivity index (χ1n) is 8.66. The molecule has 1 aliphatic heterocycles. The zero-order chi connectivity index (χ0) is 22.5. The number of hydrogen-bond donors (Lipinski definition) is 3. The Morgan fingerprint density at radius 1 is 1.40 bits per heavy atom. The van der Waals surface area contributed by atoms with Gasteiger partial charge in [0.25, 0.3) is 0 Å². The first-order chi connectivity index (χ1) is 14.0. The summed E-state index contributed by atoms with van der Waals surface area (Å²) < 4.78 is 10.4. The molecule has 0 aliphatic carbocycles. The van der Waals surface area contributed by atoms with Gasteiger partial charge in [0.05, 0.1) is 30.5 Å². The summed E-state index contributed by atoms with van der Waals surface area (Å²) in [4.78, 5) is 34.6. The summed E-state index contributed by atoms with van der Waals surface area (Å²) in [5.41, 5.74) is 0.0410. The van der Waals surface area contributed by atoms with E-state index in [0.717, 1.165) is 11.8 Å². The third-order valence-electron chi connectivity index (χ3n) is 3.44. The maximum absolute atomic E-state index is 12.1. The highest BCUT2D eigenvalue weighted by Gasteiger charge is 2.32. The molecule has 0 radical (unpaired) electrons. The molecule has 1 saturated heterocycles. The quantitative estimate of drug-likeness (QED) is 0.441. The molecule has 1 heterocycles. The van der Waals surface area contributed by atoms with Crippen LogP contribution < -0.4 is 15.4 Å². The minimum absolute atomic E-state index is 0.170. The lowest BCUT2D eigenvalue weighted by atomic mass is 10.2. The minimum Gasteiger partial charge on any atom is -0.495 e. The number of methoxy groups -OCH3 is 1. The van der Waals surface area contributed by atoms with Crippen LogP contribution in [0, 0.1) is 0 Å². The Hall–Kier alpha value is -2.79. The van der Waals surface area contributed by atoms with Crippen molar-refractivity contribution in [2.75, 3.05) is 12.4 Å². The van der Waals surface area contributed by atoms with E-state index < -0.39 is 28.8 Å². The molecular formula is C18H21ClN4O6S. The first kappa shape index (κ1) is 23.5. The Morgan fingerprint density at radius 3 is 2.70 bits per heavy atom. The molecule has 1 atom stereocenters. The van der Waals surface area contributed by atoms with Crippen molar-refractivity contribution in [1.82, 2.24) is 5.32 Å². The predicted octanol–water partition coefficient (Wildman–Crippen LogP) is 3.09. The number of halogens is 1. The Labute approximate surface area is 182 Å². The number of amidine groups is 1. The van der Waals surface area contributed by atoms with Crippen LogP contribution in [0.4, 0.5) is 10.5 Å². The van der Waals surface area contributed by atoms with Gasteiger partial charge in [-0.3, -0.25) is 14.9 Å². The van der Waals surface area contributed by atoms with Gasteiger partial charge in [0, 0.05) is 11.6 Å². The fourth-order valence-electron chi connectivity index (χ4n) is 2.24. The van der Waals surface area contributed by atoms with Crippen molar-refractivity contribution in [3.05, 3.63) is 22.7 Å². The maximum Gasteiger partial charge on any atom is 0.412 e. The van der Waals surface area contributed by atoms with Crippen LogP contribution in [0.2, 0.25) is 5.02 Å². The first-order valence-corrected chi connectivity index (χ1v) is 9.92. The molecule has 2 amide bonds. The number of carbonyl (C=O) groups is 3. The van der Waals surface area contributed by atoms with E-state index in [1.54, 1.807) is 20.8 Å². The van der Waals surface area contributed by atoms with Crippen LogP contribution in [0.3, 0.4) is 0 Å². The van der Waals surface area contributed by atoms with Crippen LogP contribution in [-0.4, -0.2) is 52.4 Å². The lowest BCUT2D eigenvalue weighted by molar-refractivity contribution is -0.138. The second-order valence-electron chi connectivity index (χ2n) is 7.04. The highest BCUT2D eigenvalue weighted by Crippen LogP contribution is 2.31. The van der Waals surface area contributed by atoms with Gasteiger partial charge in [-0.15, -0.1) is 5.10 Å². The van der Waals surface area contributed by atoms with E-state index in [1.165, 1.54) is 25.5 Å². The minimum atomic E-state index is -1.09. The number of hydrogen-bond acceptors (Lipinski definition) is 8. The van der Waals surface area contributed by atoms with E-state index in [-0.39, 0.29) is 16.6 Å². The van der Waals surface area contributed by atoms with Gasteiger partial charge in [-0.2, -0.15) is 5.10 Å². The van der Waals surface area contributed by atoms with Crippen LogP contribution >= 0.6 is 23.4 Å². The van der Waals surface area contributed by atoms with Crippen molar-refractivity contribution < 1.29 is 29.0 Å². The van der Waals surface area contributed by atoms with Crippen LogP contribution in [0.25, 0.3) is 0 Å². The molecule has 1 aliphatic rings. The molecule has 1 fully saturated rings. The number of carboxylic acid groups (broad SMARTS) is 1. The number of rotatable bonds is 6. The number of carbonyl (C=O) groups excluding carboxylic acids is 2. The van der Waals surface area contributed by atoms with Gasteiger partial charge < -0.3 is 19.9 Å². The summed E-state index contributed by atoms with van der Waals surface area (Å²) in [6.07, 6.45) is 0.322. The van der Waals surface area contributed by atoms with E-state index in [0.29, 0.717) is 17.0 Å². The zero-order valence-corrected chi connectivity index (χ0v) is 18.3. The Morgan fingerprint density at radius 2 is 2.10 bits per heavy atom. The normalized spacial score (nSPS) is 17.8. The smallest absolute Gasteiger partial charge is 0.412 e. The van der Waals surface area contributed by atoms with Gasteiger partial charge >= 0.3 is 12.1 Å². The van der Waals surface area contributed by atoms with Gasteiger partial charge in [-0.25, -0.2) is 4.79 Å². The monoisotopic (exact) mass is 456 g/mol. The molecule has 3 N–H and O–H groups in total. The fraction of sp³-hybridized carbons (Fsp3) is 0.389. The number of carboxylic acids is 1. The summed E-state index contributed by atoms with van der Waals surface area (Å²) in [6.45, 7) is 5.20. The second kappa shape index (κ2) is 9.81. The molecule has 0 spiro atoms. The van der Waals surface area contributed by atoms with Crippen LogP contribution in [0.5, 0.6) is 5.75 Å². The van der Waals surface area contributed by atoms with E-state index in [1.807, 2.05) is 0 Å². The topological polar surface area (TPSA) is 139 Å². The van der Waals surface area contributed by atoms with E-state index in [2.05, 4.69) is 20.8 Å².